The Morgan fingerprint density at radius 2 is 1.64 bits per heavy atom. The molecule has 2 aromatic carbocycles. The maximum Gasteiger partial charge on any atom is 0.0411 e. The number of hydrogen-bond acceptors (Lipinski definition) is 3. The third-order valence-electron chi connectivity index (χ3n) is 4.18. The summed E-state index contributed by atoms with van der Waals surface area (Å²) in [6.45, 7) is 5.33. The van der Waals surface area contributed by atoms with Gasteiger partial charge in [0.15, 0.2) is 0 Å². The van der Waals surface area contributed by atoms with Crippen LogP contribution in [0.25, 0.3) is 0 Å². The standard InChI is InChI=1S/C18H22BrN3/c1-21-10-12-22(13-11-21)17-8-6-16(7-9-17)20-14-15-4-2-3-5-18(15)19/h2-9,20H,10-14H2,1H3. The smallest absolute Gasteiger partial charge is 0.0411 e. The Kier molecular flexibility index (Phi) is 5.01. The van der Waals surface area contributed by atoms with Crippen molar-refractivity contribution in [3.63, 3.8) is 0 Å². The van der Waals surface area contributed by atoms with E-state index >= 15 is 0 Å². The summed E-state index contributed by atoms with van der Waals surface area (Å²) in [4.78, 5) is 4.84. The van der Waals surface area contributed by atoms with E-state index in [0.717, 1.165) is 42.9 Å². The molecule has 0 saturated carbocycles. The lowest BCUT2D eigenvalue weighted by atomic mass is 10.2. The molecule has 4 heteroatoms. The molecule has 3 nitrogen and oxygen atoms in total. The maximum absolute atomic E-state index is 3.59. The molecule has 1 aliphatic rings. The molecule has 1 saturated heterocycles. The van der Waals surface area contributed by atoms with Crippen LogP contribution in [-0.4, -0.2) is 38.1 Å². The molecule has 0 aliphatic carbocycles. The lowest BCUT2D eigenvalue weighted by molar-refractivity contribution is 0.313. The highest BCUT2D eigenvalue weighted by Gasteiger charge is 2.13. The van der Waals surface area contributed by atoms with Crippen LogP contribution in [0.3, 0.4) is 0 Å². The lowest BCUT2D eigenvalue weighted by Crippen LogP contribution is -2.44. The minimum Gasteiger partial charge on any atom is -0.381 e. The van der Waals surface area contributed by atoms with Gasteiger partial charge in [0, 0.05) is 48.6 Å². The fourth-order valence-electron chi connectivity index (χ4n) is 2.69. The van der Waals surface area contributed by atoms with E-state index in [9.17, 15) is 0 Å². The van der Waals surface area contributed by atoms with Gasteiger partial charge in [0.05, 0.1) is 0 Å². The van der Waals surface area contributed by atoms with E-state index in [1.54, 1.807) is 0 Å². The summed E-state index contributed by atoms with van der Waals surface area (Å²) in [6, 6.07) is 17.1. The van der Waals surface area contributed by atoms with Gasteiger partial charge >= 0.3 is 0 Å². The number of hydrogen-bond donors (Lipinski definition) is 1. The molecule has 1 N–H and O–H groups in total. The van der Waals surface area contributed by atoms with Crippen LogP contribution in [-0.2, 0) is 6.54 Å². The molecule has 1 heterocycles. The van der Waals surface area contributed by atoms with Gasteiger partial charge in [-0.15, -0.1) is 0 Å². The molecule has 0 bridgehead atoms. The molecule has 1 aliphatic heterocycles. The fourth-order valence-corrected chi connectivity index (χ4v) is 3.12. The van der Waals surface area contributed by atoms with Crippen LogP contribution in [0.15, 0.2) is 53.0 Å². The van der Waals surface area contributed by atoms with Crippen molar-refractivity contribution in [2.24, 2.45) is 0 Å². The van der Waals surface area contributed by atoms with Crippen LogP contribution in [0.2, 0.25) is 0 Å². The highest BCUT2D eigenvalue weighted by atomic mass is 79.9. The van der Waals surface area contributed by atoms with E-state index in [-0.39, 0.29) is 0 Å². The van der Waals surface area contributed by atoms with Gasteiger partial charge in [0.25, 0.3) is 0 Å². The molecule has 0 aromatic heterocycles. The van der Waals surface area contributed by atoms with Gasteiger partial charge in [-0.1, -0.05) is 34.1 Å². The zero-order valence-electron chi connectivity index (χ0n) is 12.9. The van der Waals surface area contributed by atoms with E-state index in [0.29, 0.717) is 0 Å². The fraction of sp³-hybridized carbons (Fsp3) is 0.333. The van der Waals surface area contributed by atoms with E-state index in [2.05, 4.69) is 80.6 Å². The predicted molar refractivity (Wildman–Crippen MR) is 97.6 cm³/mol. The van der Waals surface area contributed by atoms with Crippen molar-refractivity contribution in [2.45, 2.75) is 6.54 Å². The summed E-state index contributed by atoms with van der Waals surface area (Å²) >= 11 is 3.59. The summed E-state index contributed by atoms with van der Waals surface area (Å²) in [5.41, 5.74) is 3.75. The van der Waals surface area contributed by atoms with Crippen LogP contribution >= 0.6 is 15.9 Å². The average Bonchev–Trinajstić information content (AvgIpc) is 2.55. The van der Waals surface area contributed by atoms with Gasteiger partial charge in [-0.3, -0.25) is 0 Å². The number of piperazine rings is 1. The second-order valence-corrected chi connectivity index (χ2v) is 6.64. The van der Waals surface area contributed by atoms with Gasteiger partial charge in [0.1, 0.15) is 0 Å². The van der Waals surface area contributed by atoms with E-state index in [1.807, 2.05) is 6.07 Å². The van der Waals surface area contributed by atoms with Gasteiger partial charge in [-0.2, -0.15) is 0 Å². The van der Waals surface area contributed by atoms with Gasteiger partial charge < -0.3 is 15.1 Å². The van der Waals surface area contributed by atoms with E-state index in [1.165, 1.54) is 11.3 Å². The zero-order chi connectivity index (χ0) is 15.4. The number of anilines is 2. The quantitative estimate of drug-likeness (QED) is 0.895. The molecule has 116 valence electrons. The van der Waals surface area contributed by atoms with Crippen molar-refractivity contribution in [3.8, 4) is 0 Å². The maximum atomic E-state index is 3.59. The Morgan fingerprint density at radius 1 is 0.955 bits per heavy atom. The summed E-state index contributed by atoms with van der Waals surface area (Å²) in [6.07, 6.45) is 0. The molecule has 0 spiro atoms. The van der Waals surface area contributed by atoms with Crippen molar-refractivity contribution in [1.82, 2.24) is 4.90 Å². The lowest BCUT2D eigenvalue weighted by Gasteiger charge is -2.34. The second kappa shape index (κ2) is 7.16. The number of halogens is 1. The Hall–Kier alpha value is -1.52. The van der Waals surface area contributed by atoms with Crippen LogP contribution in [0.5, 0.6) is 0 Å². The summed E-state index contributed by atoms with van der Waals surface area (Å²) < 4.78 is 1.15. The number of nitrogens with one attached hydrogen (secondary N) is 1. The largest absolute Gasteiger partial charge is 0.381 e. The number of nitrogens with zero attached hydrogens (tertiary/aromatic N) is 2. The number of benzene rings is 2. The van der Waals surface area contributed by atoms with Gasteiger partial charge in [-0.25, -0.2) is 0 Å². The highest BCUT2D eigenvalue weighted by molar-refractivity contribution is 9.10. The van der Waals surface area contributed by atoms with Crippen LogP contribution < -0.4 is 10.2 Å². The first-order chi connectivity index (χ1) is 10.7. The molecular weight excluding hydrogens is 338 g/mol. The minimum absolute atomic E-state index is 0.829. The van der Waals surface area contributed by atoms with Crippen molar-refractivity contribution in [3.05, 3.63) is 58.6 Å². The molecule has 1 fully saturated rings. The SMILES string of the molecule is CN1CCN(c2ccc(NCc3ccccc3Br)cc2)CC1. The number of likely N-dealkylation sites (N-methyl/N-ethyl adjacent to an activating group) is 1. The summed E-state index contributed by atoms with van der Waals surface area (Å²) in [5, 5.41) is 3.48. The average molecular weight is 360 g/mol. The first kappa shape index (κ1) is 15.4. The Morgan fingerprint density at radius 3 is 2.32 bits per heavy atom. The normalized spacial score (nSPS) is 15.8. The Labute approximate surface area is 141 Å². The van der Waals surface area contributed by atoms with Crippen LogP contribution in [0.4, 0.5) is 11.4 Å². The van der Waals surface area contributed by atoms with Crippen LogP contribution in [0, 0.1) is 0 Å². The topological polar surface area (TPSA) is 18.5 Å². The van der Waals surface area contributed by atoms with Gasteiger partial charge in [0.2, 0.25) is 0 Å². The van der Waals surface area contributed by atoms with Crippen molar-refractivity contribution in [2.75, 3.05) is 43.4 Å². The zero-order valence-corrected chi connectivity index (χ0v) is 14.5. The number of rotatable bonds is 4. The molecule has 2 aromatic rings. The Bertz CT molecular complexity index is 604. The molecule has 3 rings (SSSR count). The Balaban J connectivity index is 1.59. The molecule has 0 radical (unpaired) electrons. The predicted octanol–water partition coefficient (Wildman–Crippen LogP) is 3.81. The molecular formula is C18H22BrN3. The summed E-state index contributed by atoms with van der Waals surface area (Å²) in [7, 11) is 2.19. The molecule has 0 amide bonds. The monoisotopic (exact) mass is 359 g/mol. The second-order valence-electron chi connectivity index (χ2n) is 5.78. The molecule has 0 unspecified atom stereocenters. The van der Waals surface area contributed by atoms with Crippen molar-refractivity contribution in [1.29, 1.82) is 0 Å². The van der Waals surface area contributed by atoms with Crippen LogP contribution in [0.1, 0.15) is 5.56 Å². The minimum atomic E-state index is 0.829. The molecule has 22 heavy (non-hydrogen) atoms. The third-order valence-corrected chi connectivity index (χ3v) is 4.95. The van der Waals surface area contributed by atoms with Crippen molar-refractivity contribution >= 4 is 27.3 Å². The van der Waals surface area contributed by atoms with E-state index in [4.69, 9.17) is 0 Å². The first-order valence-corrected chi connectivity index (χ1v) is 8.52. The van der Waals surface area contributed by atoms with E-state index < -0.39 is 0 Å². The van der Waals surface area contributed by atoms with Crippen molar-refractivity contribution < 1.29 is 0 Å². The highest BCUT2D eigenvalue weighted by Crippen LogP contribution is 2.21. The summed E-state index contributed by atoms with van der Waals surface area (Å²) in [5.74, 6) is 0. The first-order valence-electron chi connectivity index (χ1n) is 7.73. The van der Waals surface area contributed by atoms with Gasteiger partial charge in [-0.05, 0) is 42.9 Å². The third kappa shape index (κ3) is 3.81. The molecule has 0 atom stereocenters.